The van der Waals surface area contributed by atoms with Gasteiger partial charge in [-0.05, 0) is 12.5 Å². The number of nitrogens with zero attached hydrogens (tertiary/aromatic N) is 1. The number of hydrogen-bond donors (Lipinski definition) is 1. The number of thioether (sulfide) groups is 1. The normalized spacial score (nSPS) is 32.8. The SMILES string of the molecule is C=CC1=C(C)N2C(=O)C(N)C2SC1. The fourth-order valence-electron chi connectivity index (χ4n) is 1.66. The van der Waals surface area contributed by atoms with Crippen LogP contribution in [0.2, 0.25) is 0 Å². The van der Waals surface area contributed by atoms with Crippen molar-refractivity contribution in [3.8, 4) is 0 Å². The maximum atomic E-state index is 11.4. The zero-order valence-electron chi connectivity index (χ0n) is 7.49. The number of hydrogen-bond acceptors (Lipinski definition) is 3. The van der Waals surface area contributed by atoms with Gasteiger partial charge in [0.2, 0.25) is 5.91 Å². The van der Waals surface area contributed by atoms with Crippen LogP contribution in [0.4, 0.5) is 0 Å². The van der Waals surface area contributed by atoms with E-state index in [9.17, 15) is 4.79 Å². The first kappa shape index (κ1) is 8.84. The Morgan fingerprint density at radius 3 is 3.08 bits per heavy atom. The first-order valence-corrected chi connectivity index (χ1v) is 5.24. The van der Waals surface area contributed by atoms with E-state index >= 15 is 0 Å². The minimum absolute atomic E-state index is 0.0362. The monoisotopic (exact) mass is 196 g/mol. The molecule has 0 aromatic carbocycles. The Morgan fingerprint density at radius 2 is 2.46 bits per heavy atom. The standard InChI is InChI=1S/C9H12N2OS/c1-3-6-4-13-9-7(10)8(12)11(9)5(6)2/h3,7,9H,1,4,10H2,2H3. The average molecular weight is 196 g/mol. The van der Waals surface area contributed by atoms with Crippen molar-refractivity contribution >= 4 is 17.7 Å². The summed E-state index contributed by atoms with van der Waals surface area (Å²) in [5, 5.41) is 0.163. The summed E-state index contributed by atoms with van der Waals surface area (Å²) in [5.41, 5.74) is 7.82. The summed E-state index contributed by atoms with van der Waals surface area (Å²) in [5.74, 6) is 0.950. The van der Waals surface area contributed by atoms with Gasteiger partial charge in [-0.25, -0.2) is 0 Å². The van der Waals surface area contributed by atoms with E-state index in [-0.39, 0.29) is 17.3 Å². The van der Waals surface area contributed by atoms with E-state index in [1.54, 1.807) is 16.7 Å². The van der Waals surface area contributed by atoms with E-state index in [0.29, 0.717) is 0 Å². The molecule has 0 saturated carbocycles. The van der Waals surface area contributed by atoms with Gasteiger partial charge >= 0.3 is 0 Å². The van der Waals surface area contributed by atoms with Crippen LogP contribution in [-0.4, -0.2) is 28.0 Å². The smallest absolute Gasteiger partial charge is 0.247 e. The van der Waals surface area contributed by atoms with E-state index in [2.05, 4.69) is 6.58 Å². The van der Waals surface area contributed by atoms with Crippen LogP contribution >= 0.6 is 11.8 Å². The molecule has 0 aliphatic carbocycles. The van der Waals surface area contributed by atoms with Crippen LogP contribution in [0.25, 0.3) is 0 Å². The van der Waals surface area contributed by atoms with Gasteiger partial charge in [0.15, 0.2) is 0 Å². The van der Waals surface area contributed by atoms with Gasteiger partial charge in [-0.1, -0.05) is 12.7 Å². The lowest BCUT2D eigenvalue weighted by Gasteiger charge is -2.48. The summed E-state index contributed by atoms with van der Waals surface area (Å²) in [6.45, 7) is 5.67. The van der Waals surface area contributed by atoms with Gasteiger partial charge in [0.1, 0.15) is 11.4 Å². The Balaban J connectivity index is 2.31. The third kappa shape index (κ3) is 1.05. The molecule has 4 heteroatoms. The second-order valence-corrected chi connectivity index (χ2v) is 4.36. The predicted octanol–water partition coefficient (Wildman–Crippen LogP) is 0.689. The van der Waals surface area contributed by atoms with Crippen molar-refractivity contribution in [2.24, 2.45) is 5.73 Å². The Hall–Kier alpha value is -0.740. The van der Waals surface area contributed by atoms with Crippen molar-refractivity contribution in [1.29, 1.82) is 0 Å². The van der Waals surface area contributed by atoms with Crippen molar-refractivity contribution < 1.29 is 4.79 Å². The molecule has 0 aromatic rings. The van der Waals surface area contributed by atoms with Crippen LogP contribution in [0, 0.1) is 0 Å². The second kappa shape index (κ2) is 2.89. The highest BCUT2D eigenvalue weighted by molar-refractivity contribution is 8.00. The lowest BCUT2D eigenvalue weighted by atomic mass is 10.0. The highest BCUT2D eigenvalue weighted by Crippen LogP contribution is 2.38. The predicted molar refractivity (Wildman–Crippen MR) is 54.0 cm³/mol. The zero-order chi connectivity index (χ0) is 9.59. The molecule has 0 bridgehead atoms. The van der Waals surface area contributed by atoms with E-state index in [1.807, 2.05) is 13.0 Å². The highest BCUT2D eigenvalue weighted by atomic mass is 32.2. The molecular weight excluding hydrogens is 184 g/mol. The fraction of sp³-hybridized carbons (Fsp3) is 0.444. The number of nitrogens with two attached hydrogens (primary N) is 1. The van der Waals surface area contributed by atoms with Gasteiger partial charge in [0, 0.05) is 11.4 Å². The molecular formula is C9H12N2OS. The van der Waals surface area contributed by atoms with Crippen molar-refractivity contribution in [3.63, 3.8) is 0 Å². The summed E-state index contributed by atoms with van der Waals surface area (Å²) in [4.78, 5) is 13.2. The lowest BCUT2D eigenvalue weighted by Crippen LogP contribution is -2.67. The van der Waals surface area contributed by atoms with Gasteiger partial charge in [0.25, 0.3) is 0 Å². The number of amides is 1. The topological polar surface area (TPSA) is 46.3 Å². The van der Waals surface area contributed by atoms with Gasteiger partial charge in [0.05, 0.1) is 0 Å². The van der Waals surface area contributed by atoms with Crippen LogP contribution in [-0.2, 0) is 4.79 Å². The van der Waals surface area contributed by atoms with Crippen molar-refractivity contribution in [3.05, 3.63) is 23.9 Å². The fourth-order valence-corrected chi connectivity index (χ4v) is 3.07. The van der Waals surface area contributed by atoms with Crippen LogP contribution in [0.5, 0.6) is 0 Å². The lowest BCUT2D eigenvalue weighted by molar-refractivity contribution is -0.141. The van der Waals surface area contributed by atoms with Gasteiger partial charge in [-0.15, -0.1) is 11.8 Å². The molecule has 2 rings (SSSR count). The Labute approximate surface area is 81.7 Å². The summed E-state index contributed by atoms with van der Waals surface area (Å²) in [7, 11) is 0. The van der Waals surface area contributed by atoms with Crippen LogP contribution in [0.3, 0.4) is 0 Å². The molecule has 2 atom stereocenters. The number of carbonyl (C=O) groups is 1. The van der Waals surface area contributed by atoms with E-state index in [0.717, 1.165) is 17.0 Å². The molecule has 1 fully saturated rings. The molecule has 0 spiro atoms. The minimum atomic E-state index is -0.300. The van der Waals surface area contributed by atoms with Crippen molar-refractivity contribution in [2.75, 3.05) is 5.75 Å². The molecule has 13 heavy (non-hydrogen) atoms. The summed E-state index contributed by atoms with van der Waals surface area (Å²) >= 11 is 1.71. The molecule has 1 saturated heterocycles. The number of rotatable bonds is 1. The van der Waals surface area contributed by atoms with Crippen LogP contribution < -0.4 is 5.73 Å². The molecule has 0 aromatic heterocycles. The Kier molecular flexibility index (Phi) is 1.96. The molecule has 2 unspecified atom stereocenters. The second-order valence-electron chi connectivity index (χ2n) is 3.25. The van der Waals surface area contributed by atoms with E-state index in [1.165, 1.54) is 0 Å². The number of fused-ring (bicyclic) bond motifs is 1. The minimum Gasteiger partial charge on any atom is -0.317 e. The quantitative estimate of drug-likeness (QED) is 0.628. The molecule has 3 nitrogen and oxygen atoms in total. The molecule has 70 valence electrons. The van der Waals surface area contributed by atoms with E-state index in [4.69, 9.17) is 5.73 Å². The van der Waals surface area contributed by atoms with Crippen LogP contribution in [0.1, 0.15) is 6.92 Å². The molecule has 0 radical (unpaired) electrons. The Morgan fingerprint density at radius 1 is 1.77 bits per heavy atom. The maximum absolute atomic E-state index is 11.4. The average Bonchev–Trinajstić information content (AvgIpc) is 2.16. The number of allylic oxidation sites excluding steroid dienone is 2. The molecule has 2 aliphatic rings. The third-order valence-corrected chi connectivity index (χ3v) is 3.89. The Bertz CT molecular complexity index is 311. The number of β-lactam (4-membered cyclic amide) rings is 1. The summed E-state index contributed by atoms with van der Waals surface area (Å²) < 4.78 is 0. The first-order chi connectivity index (χ1) is 6.16. The molecule has 1 amide bonds. The van der Waals surface area contributed by atoms with Gasteiger partial charge in [-0.3, -0.25) is 4.79 Å². The maximum Gasteiger partial charge on any atom is 0.247 e. The van der Waals surface area contributed by atoms with Crippen LogP contribution in [0.15, 0.2) is 23.9 Å². The molecule has 2 heterocycles. The van der Waals surface area contributed by atoms with Crippen molar-refractivity contribution in [1.82, 2.24) is 4.90 Å². The van der Waals surface area contributed by atoms with Gasteiger partial charge in [-0.2, -0.15) is 0 Å². The summed E-state index contributed by atoms with van der Waals surface area (Å²) in [6, 6.07) is -0.300. The molecule has 2 N–H and O–H groups in total. The molecule has 2 aliphatic heterocycles. The zero-order valence-corrected chi connectivity index (χ0v) is 8.30. The highest BCUT2D eigenvalue weighted by Gasteiger charge is 2.48. The van der Waals surface area contributed by atoms with Gasteiger partial charge < -0.3 is 10.6 Å². The van der Waals surface area contributed by atoms with E-state index < -0.39 is 0 Å². The number of carbonyl (C=O) groups excluding carboxylic acids is 1. The first-order valence-electron chi connectivity index (χ1n) is 4.19. The third-order valence-electron chi connectivity index (χ3n) is 2.57. The summed E-state index contributed by atoms with van der Waals surface area (Å²) in [6.07, 6.45) is 1.82. The van der Waals surface area contributed by atoms with Crippen molar-refractivity contribution in [2.45, 2.75) is 18.3 Å². The largest absolute Gasteiger partial charge is 0.317 e.